The number of ether oxygens (including phenoxy) is 2. The Bertz CT molecular complexity index is 965. The fourth-order valence-corrected chi connectivity index (χ4v) is 3.68. The van der Waals surface area contributed by atoms with E-state index in [9.17, 15) is 14.9 Å². The van der Waals surface area contributed by atoms with Crippen LogP contribution in [0.3, 0.4) is 0 Å². The summed E-state index contributed by atoms with van der Waals surface area (Å²) in [4.78, 5) is 28.3. The van der Waals surface area contributed by atoms with Gasteiger partial charge in [0.25, 0.3) is 5.69 Å². The van der Waals surface area contributed by atoms with Gasteiger partial charge in [-0.3, -0.25) is 10.1 Å². The molecule has 0 saturated carbocycles. The van der Waals surface area contributed by atoms with Crippen LogP contribution in [0.25, 0.3) is 0 Å². The van der Waals surface area contributed by atoms with Crippen molar-refractivity contribution in [3.63, 3.8) is 0 Å². The number of carbonyl (C=O) groups excluding carboxylic acids is 1. The Labute approximate surface area is 181 Å². The molecule has 0 radical (unpaired) electrons. The molecule has 0 aromatic heterocycles. The van der Waals surface area contributed by atoms with Crippen LogP contribution in [0.5, 0.6) is 0 Å². The Morgan fingerprint density at radius 1 is 1.43 bits per heavy atom. The third-order valence-corrected chi connectivity index (χ3v) is 5.01. The predicted octanol–water partition coefficient (Wildman–Crippen LogP) is 4.02. The zero-order chi connectivity index (χ0) is 21.3. The maximum atomic E-state index is 12.7. The molecule has 1 unspecified atom stereocenters. The molecule has 8 nitrogen and oxygen atoms in total. The van der Waals surface area contributed by atoms with Crippen LogP contribution in [0.2, 0.25) is 0 Å². The number of halogens is 1. The van der Waals surface area contributed by atoms with Gasteiger partial charge in [0.1, 0.15) is 6.61 Å². The molecule has 0 aliphatic carbocycles. The summed E-state index contributed by atoms with van der Waals surface area (Å²) < 4.78 is 10.9. The number of benzene rings is 1. The van der Waals surface area contributed by atoms with E-state index in [0.29, 0.717) is 41.3 Å². The molecule has 9 heteroatoms. The first-order chi connectivity index (χ1) is 13.7. The zero-order valence-corrected chi connectivity index (χ0v) is 18.5. The summed E-state index contributed by atoms with van der Waals surface area (Å²) in [5, 5.41) is 14.6. The smallest absolute Gasteiger partial charge is 0.336 e. The van der Waals surface area contributed by atoms with Gasteiger partial charge in [-0.05, 0) is 32.8 Å². The summed E-state index contributed by atoms with van der Waals surface area (Å²) in [7, 11) is 1.32. The van der Waals surface area contributed by atoms with E-state index >= 15 is 0 Å². The minimum absolute atomic E-state index is 0. The minimum Gasteiger partial charge on any atom is -0.475 e. The lowest BCUT2D eigenvalue weighted by atomic mass is 9.79. The van der Waals surface area contributed by atoms with Gasteiger partial charge in [0.05, 0.1) is 29.1 Å². The van der Waals surface area contributed by atoms with Crippen molar-refractivity contribution in [1.82, 2.24) is 5.32 Å². The van der Waals surface area contributed by atoms with E-state index in [2.05, 4.69) is 5.32 Å². The van der Waals surface area contributed by atoms with Gasteiger partial charge < -0.3 is 14.8 Å². The highest BCUT2D eigenvalue weighted by molar-refractivity contribution is 6.03. The number of hydrogen-bond donors (Lipinski definition) is 1. The molecular weight excluding hydrogens is 410 g/mol. The summed E-state index contributed by atoms with van der Waals surface area (Å²) in [6.07, 6.45) is 0.648. The normalized spacial score (nSPS) is 20.0. The van der Waals surface area contributed by atoms with Crippen LogP contribution >= 0.6 is 12.4 Å². The van der Waals surface area contributed by atoms with E-state index in [1.165, 1.54) is 19.2 Å². The summed E-state index contributed by atoms with van der Waals surface area (Å²) in [6, 6.07) is 6.30. The number of methoxy groups -OCH3 is 1. The number of nitro groups is 1. The molecule has 30 heavy (non-hydrogen) atoms. The third kappa shape index (κ3) is 4.33. The molecule has 0 spiro atoms. The molecule has 0 fully saturated rings. The Kier molecular flexibility index (Phi) is 6.92. The molecule has 1 atom stereocenters. The third-order valence-electron chi connectivity index (χ3n) is 5.01. The van der Waals surface area contributed by atoms with Gasteiger partial charge in [-0.15, -0.1) is 12.4 Å². The molecule has 2 aliphatic heterocycles. The maximum Gasteiger partial charge on any atom is 0.336 e. The Hall–Kier alpha value is -2.87. The lowest BCUT2D eigenvalue weighted by Gasteiger charge is -2.31. The zero-order valence-electron chi connectivity index (χ0n) is 17.6. The van der Waals surface area contributed by atoms with Crippen LogP contribution < -0.4 is 5.32 Å². The van der Waals surface area contributed by atoms with E-state index in [4.69, 9.17) is 14.5 Å². The highest BCUT2D eigenvalue weighted by Gasteiger charge is 2.40. The summed E-state index contributed by atoms with van der Waals surface area (Å²) in [5.74, 6) is -0.645. The standard InChI is InChI=1S/C21H25N3O5.ClH/c1-6-15-18(19-23-21(3,4)11-29-19)17(16(12(2)22-15)20(25)28-5)13-8-7-9-14(10-13)24(26)27;/h7-10,17,22H,6,11H2,1-5H3;1H. The fraction of sp³-hybridized carbons (Fsp3) is 0.429. The number of rotatable bonds is 5. The van der Waals surface area contributed by atoms with Gasteiger partial charge >= 0.3 is 5.97 Å². The van der Waals surface area contributed by atoms with Gasteiger partial charge in [0, 0.05) is 29.1 Å². The average Bonchev–Trinajstić information content (AvgIpc) is 3.05. The maximum absolute atomic E-state index is 12.7. The van der Waals surface area contributed by atoms with Gasteiger partial charge in [-0.2, -0.15) is 0 Å². The number of allylic oxidation sites excluding steroid dienone is 2. The van der Waals surface area contributed by atoms with E-state index in [0.717, 1.165) is 5.70 Å². The molecule has 1 N–H and O–H groups in total. The van der Waals surface area contributed by atoms with Gasteiger partial charge in [-0.25, -0.2) is 9.79 Å². The lowest BCUT2D eigenvalue weighted by molar-refractivity contribution is -0.384. The monoisotopic (exact) mass is 435 g/mol. The van der Waals surface area contributed by atoms with Crippen molar-refractivity contribution >= 4 is 30.0 Å². The first kappa shape index (κ1) is 23.4. The molecular formula is C21H26ClN3O5. The molecule has 0 saturated heterocycles. The van der Waals surface area contributed by atoms with Gasteiger partial charge in [0.15, 0.2) is 0 Å². The number of esters is 1. The highest BCUT2D eigenvalue weighted by Crippen LogP contribution is 2.42. The quantitative estimate of drug-likeness (QED) is 0.425. The molecule has 1 aromatic carbocycles. The van der Waals surface area contributed by atoms with Crippen LogP contribution in [0.4, 0.5) is 5.69 Å². The summed E-state index contributed by atoms with van der Waals surface area (Å²) in [5.41, 5.74) is 2.78. The number of nitrogens with one attached hydrogen (secondary N) is 1. The molecule has 2 aliphatic rings. The van der Waals surface area contributed by atoms with Crippen LogP contribution in [-0.2, 0) is 14.3 Å². The number of nitro benzene ring substituents is 1. The Morgan fingerprint density at radius 3 is 2.67 bits per heavy atom. The summed E-state index contributed by atoms with van der Waals surface area (Å²) >= 11 is 0. The molecule has 162 valence electrons. The first-order valence-corrected chi connectivity index (χ1v) is 9.45. The van der Waals surface area contributed by atoms with Crippen LogP contribution in [0, 0.1) is 10.1 Å². The number of hydrogen-bond acceptors (Lipinski definition) is 7. The van der Waals surface area contributed by atoms with Crippen LogP contribution in [0.15, 0.2) is 51.8 Å². The van der Waals surface area contributed by atoms with Crippen molar-refractivity contribution in [2.75, 3.05) is 13.7 Å². The number of nitrogens with zero attached hydrogens (tertiary/aromatic N) is 2. The Morgan fingerprint density at radius 2 is 2.13 bits per heavy atom. The number of carbonyl (C=O) groups is 1. The van der Waals surface area contributed by atoms with Crippen LogP contribution in [-0.4, -0.2) is 36.0 Å². The predicted molar refractivity (Wildman–Crippen MR) is 116 cm³/mol. The van der Waals surface area contributed by atoms with E-state index < -0.39 is 22.3 Å². The second-order valence-electron chi connectivity index (χ2n) is 7.70. The largest absolute Gasteiger partial charge is 0.475 e. The van der Waals surface area contributed by atoms with E-state index in [1.807, 2.05) is 20.8 Å². The molecule has 0 bridgehead atoms. The van der Waals surface area contributed by atoms with Crippen molar-refractivity contribution in [3.8, 4) is 0 Å². The minimum atomic E-state index is -0.591. The van der Waals surface area contributed by atoms with Crippen molar-refractivity contribution in [3.05, 3.63) is 62.5 Å². The molecule has 3 rings (SSSR count). The number of aliphatic imine (C=N–C) groups is 1. The fourth-order valence-electron chi connectivity index (χ4n) is 3.68. The number of non-ortho nitro benzene ring substituents is 1. The van der Waals surface area contributed by atoms with E-state index in [1.54, 1.807) is 19.1 Å². The molecule has 1 aromatic rings. The van der Waals surface area contributed by atoms with Crippen molar-refractivity contribution in [2.24, 2.45) is 4.99 Å². The topological polar surface area (TPSA) is 103 Å². The average molecular weight is 436 g/mol. The second-order valence-corrected chi connectivity index (χ2v) is 7.70. The number of dihydropyridines is 1. The van der Waals surface area contributed by atoms with Gasteiger partial charge in [0.2, 0.25) is 5.90 Å². The molecule has 2 heterocycles. The molecule has 0 amide bonds. The second kappa shape index (κ2) is 8.87. The SMILES string of the molecule is CCC1=C(C2=NC(C)(C)CO2)C(c2cccc([N+](=O)[O-])c2)C(C(=O)OC)=C(C)N1.Cl. The lowest BCUT2D eigenvalue weighted by Crippen LogP contribution is -2.32. The van der Waals surface area contributed by atoms with Crippen molar-refractivity contribution < 1.29 is 19.2 Å². The van der Waals surface area contributed by atoms with E-state index in [-0.39, 0.29) is 18.1 Å². The van der Waals surface area contributed by atoms with Crippen molar-refractivity contribution in [1.29, 1.82) is 0 Å². The van der Waals surface area contributed by atoms with Crippen LogP contribution in [0.1, 0.15) is 45.6 Å². The van der Waals surface area contributed by atoms with Gasteiger partial charge in [-0.1, -0.05) is 19.1 Å². The van der Waals surface area contributed by atoms with Crippen molar-refractivity contribution in [2.45, 2.75) is 45.6 Å². The summed E-state index contributed by atoms with van der Waals surface area (Å²) in [6.45, 7) is 8.13. The highest BCUT2D eigenvalue weighted by atomic mass is 35.5. The Balaban J connectivity index is 0.00000320. The first-order valence-electron chi connectivity index (χ1n) is 9.45.